The average molecular weight is 374 g/mol. The SMILES string of the molecule is C[C@@H](O)[C@H]1C(=O)N2C(C(=O)O)=C(c3ccc4cc(/C=C/C#N)ccc4c3)C[C@H]12. The molecule has 140 valence electrons. The van der Waals surface area contributed by atoms with E-state index in [1.54, 1.807) is 13.0 Å². The molecule has 1 saturated heterocycles. The lowest BCUT2D eigenvalue weighted by Crippen LogP contribution is -2.61. The number of carboxylic acid groups (broad SMARTS) is 1. The Morgan fingerprint density at radius 3 is 2.68 bits per heavy atom. The van der Waals surface area contributed by atoms with Crippen LogP contribution in [-0.2, 0) is 9.59 Å². The Hall–Kier alpha value is -3.43. The Kier molecular flexibility index (Phi) is 4.25. The summed E-state index contributed by atoms with van der Waals surface area (Å²) in [6, 6.07) is 13.1. The molecule has 4 rings (SSSR count). The van der Waals surface area contributed by atoms with Gasteiger partial charge in [-0.3, -0.25) is 4.79 Å². The minimum Gasteiger partial charge on any atom is -0.477 e. The number of nitriles is 1. The van der Waals surface area contributed by atoms with Crippen molar-refractivity contribution in [1.82, 2.24) is 4.90 Å². The molecule has 2 aromatic carbocycles. The second-order valence-electron chi connectivity index (χ2n) is 7.16. The second kappa shape index (κ2) is 6.63. The van der Waals surface area contributed by atoms with Crippen LogP contribution in [0, 0.1) is 17.2 Å². The number of fused-ring (bicyclic) bond motifs is 2. The van der Waals surface area contributed by atoms with Gasteiger partial charge in [0.15, 0.2) is 0 Å². The zero-order valence-corrected chi connectivity index (χ0v) is 15.2. The lowest BCUT2D eigenvalue weighted by molar-refractivity contribution is -0.161. The normalized spacial score (nSPS) is 22.3. The van der Waals surface area contributed by atoms with E-state index in [1.807, 2.05) is 42.5 Å². The van der Waals surface area contributed by atoms with E-state index >= 15 is 0 Å². The molecule has 2 aliphatic heterocycles. The maximum Gasteiger partial charge on any atom is 0.352 e. The van der Waals surface area contributed by atoms with Crippen molar-refractivity contribution in [3.05, 3.63) is 59.3 Å². The van der Waals surface area contributed by atoms with Gasteiger partial charge in [0.05, 0.1) is 24.1 Å². The van der Waals surface area contributed by atoms with Gasteiger partial charge in [-0.2, -0.15) is 5.26 Å². The van der Waals surface area contributed by atoms with E-state index in [1.165, 1.54) is 11.0 Å². The summed E-state index contributed by atoms with van der Waals surface area (Å²) in [4.78, 5) is 25.5. The van der Waals surface area contributed by atoms with Crippen LogP contribution in [0.1, 0.15) is 24.5 Å². The molecule has 0 unspecified atom stereocenters. The molecule has 1 fully saturated rings. The number of carbonyl (C=O) groups excluding carboxylic acids is 1. The Labute approximate surface area is 161 Å². The first-order valence-corrected chi connectivity index (χ1v) is 9.00. The maximum atomic E-state index is 12.4. The molecule has 1 amide bonds. The quantitative estimate of drug-likeness (QED) is 0.633. The Bertz CT molecular complexity index is 1110. The third-order valence-electron chi connectivity index (χ3n) is 5.49. The molecule has 2 heterocycles. The van der Waals surface area contributed by atoms with Crippen molar-refractivity contribution in [1.29, 1.82) is 5.26 Å². The predicted molar refractivity (Wildman–Crippen MR) is 104 cm³/mol. The highest BCUT2D eigenvalue weighted by atomic mass is 16.4. The minimum atomic E-state index is -1.13. The van der Waals surface area contributed by atoms with Crippen LogP contribution in [0.15, 0.2) is 48.2 Å². The Morgan fingerprint density at radius 1 is 1.29 bits per heavy atom. The lowest BCUT2D eigenvalue weighted by Gasteiger charge is -2.44. The smallest absolute Gasteiger partial charge is 0.352 e. The van der Waals surface area contributed by atoms with Crippen molar-refractivity contribution in [3.8, 4) is 6.07 Å². The van der Waals surface area contributed by atoms with Gasteiger partial charge in [-0.05, 0) is 59.0 Å². The first-order valence-electron chi connectivity index (χ1n) is 9.00. The number of nitrogens with zero attached hydrogens (tertiary/aromatic N) is 2. The van der Waals surface area contributed by atoms with Crippen LogP contribution in [0.3, 0.4) is 0 Å². The molecule has 0 aromatic heterocycles. The minimum absolute atomic E-state index is 0.0137. The van der Waals surface area contributed by atoms with Crippen molar-refractivity contribution in [2.75, 3.05) is 0 Å². The van der Waals surface area contributed by atoms with Crippen LogP contribution in [0.25, 0.3) is 22.4 Å². The lowest BCUT2D eigenvalue weighted by atomic mass is 9.82. The summed E-state index contributed by atoms with van der Waals surface area (Å²) in [6.45, 7) is 1.56. The molecule has 2 N–H and O–H groups in total. The van der Waals surface area contributed by atoms with Gasteiger partial charge in [0.25, 0.3) is 0 Å². The fourth-order valence-electron chi connectivity index (χ4n) is 4.22. The summed E-state index contributed by atoms with van der Waals surface area (Å²) in [5.41, 5.74) is 2.29. The van der Waals surface area contributed by atoms with E-state index in [9.17, 15) is 19.8 Å². The molecule has 6 nitrogen and oxygen atoms in total. The van der Waals surface area contributed by atoms with Gasteiger partial charge in [0, 0.05) is 6.08 Å². The van der Waals surface area contributed by atoms with E-state index in [0.717, 1.165) is 21.9 Å². The zero-order chi connectivity index (χ0) is 20.0. The van der Waals surface area contributed by atoms with Gasteiger partial charge in [-0.1, -0.05) is 24.3 Å². The van der Waals surface area contributed by atoms with E-state index in [4.69, 9.17) is 5.26 Å². The molecule has 3 atom stereocenters. The number of aliphatic hydroxyl groups is 1. The van der Waals surface area contributed by atoms with Crippen LogP contribution < -0.4 is 0 Å². The number of amides is 1. The third-order valence-corrected chi connectivity index (χ3v) is 5.49. The van der Waals surface area contributed by atoms with E-state index in [-0.39, 0.29) is 17.6 Å². The summed E-state index contributed by atoms with van der Waals surface area (Å²) < 4.78 is 0. The molecule has 2 aromatic rings. The standard InChI is InChI=1S/C22H18N2O4/c1-12(25)19-18-11-17(20(22(27)28)24(18)21(19)26)16-7-6-14-9-13(3-2-8-23)4-5-15(14)10-16/h2-7,9-10,12,18-19,25H,11H2,1H3,(H,27,28)/b3-2+/t12-,18-,19-/m1/s1. The number of allylic oxidation sites excluding steroid dienone is 1. The van der Waals surface area contributed by atoms with Gasteiger partial charge in [0.2, 0.25) is 5.91 Å². The first kappa shape index (κ1) is 18.0. The molecule has 0 bridgehead atoms. The van der Waals surface area contributed by atoms with Gasteiger partial charge in [-0.15, -0.1) is 0 Å². The van der Waals surface area contributed by atoms with Crippen molar-refractivity contribution in [3.63, 3.8) is 0 Å². The van der Waals surface area contributed by atoms with E-state index in [2.05, 4.69) is 0 Å². The largest absolute Gasteiger partial charge is 0.477 e. The second-order valence-corrected chi connectivity index (χ2v) is 7.16. The molecule has 6 heteroatoms. The number of hydrogen-bond donors (Lipinski definition) is 2. The maximum absolute atomic E-state index is 12.4. The summed E-state index contributed by atoms with van der Waals surface area (Å²) in [5.74, 6) is -2.02. The number of carboxylic acids is 1. The Balaban J connectivity index is 1.75. The summed E-state index contributed by atoms with van der Waals surface area (Å²) in [7, 11) is 0. The van der Waals surface area contributed by atoms with Gasteiger partial charge < -0.3 is 15.1 Å². The number of rotatable bonds is 4. The van der Waals surface area contributed by atoms with Gasteiger partial charge in [0.1, 0.15) is 5.70 Å². The fraction of sp³-hybridized carbons (Fsp3) is 0.227. The Morgan fingerprint density at radius 2 is 2.00 bits per heavy atom. The topological polar surface area (TPSA) is 102 Å². The van der Waals surface area contributed by atoms with Gasteiger partial charge in [-0.25, -0.2) is 4.79 Å². The number of benzene rings is 2. The summed E-state index contributed by atoms with van der Waals surface area (Å²) in [5, 5.41) is 30.1. The highest BCUT2D eigenvalue weighted by Gasteiger charge is 2.56. The molecule has 0 radical (unpaired) electrons. The molecule has 0 aliphatic carbocycles. The van der Waals surface area contributed by atoms with Crippen LogP contribution >= 0.6 is 0 Å². The number of β-lactam (4-membered cyclic amide) rings is 1. The zero-order valence-electron chi connectivity index (χ0n) is 15.2. The highest BCUT2D eigenvalue weighted by Crippen LogP contribution is 2.47. The van der Waals surface area contributed by atoms with Crippen LogP contribution in [0.5, 0.6) is 0 Å². The molecule has 28 heavy (non-hydrogen) atoms. The first-order chi connectivity index (χ1) is 13.4. The third kappa shape index (κ3) is 2.68. The van der Waals surface area contributed by atoms with Gasteiger partial charge >= 0.3 is 5.97 Å². The van der Waals surface area contributed by atoms with Crippen LogP contribution in [-0.4, -0.2) is 39.1 Å². The monoisotopic (exact) mass is 374 g/mol. The van der Waals surface area contributed by atoms with E-state index < -0.39 is 18.0 Å². The molecule has 2 aliphatic rings. The van der Waals surface area contributed by atoms with E-state index in [0.29, 0.717) is 12.0 Å². The van der Waals surface area contributed by atoms with Crippen molar-refractivity contribution in [2.45, 2.75) is 25.5 Å². The molecular weight excluding hydrogens is 356 g/mol. The number of aliphatic hydroxyl groups excluding tert-OH is 1. The van der Waals surface area contributed by atoms with Crippen LogP contribution in [0.2, 0.25) is 0 Å². The summed E-state index contributed by atoms with van der Waals surface area (Å²) >= 11 is 0. The number of hydrogen-bond acceptors (Lipinski definition) is 4. The van der Waals surface area contributed by atoms with Crippen molar-refractivity contribution in [2.24, 2.45) is 5.92 Å². The average Bonchev–Trinajstić information content (AvgIpc) is 3.00. The van der Waals surface area contributed by atoms with Crippen LogP contribution in [0.4, 0.5) is 0 Å². The summed E-state index contributed by atoms with van der Waals surface area (Å²) in [6.07, 6.45) is 2.75. The molecule has 0 spiro atoms. The number of aliphatic carboxylic acids is 1. The molecular formula is C22H18N2O4. The number of carbonyl (C=O) groups is 2. The fourth-order valence-corrected chi connectivity index (χ4v) is 4.22. The predicted octanol–water partition coefficient (Wildman–Crippen LogP) is 2.78. The highest BCUT2D eigenvalue weighted by molar-refractivity contribution is 6.06. The van der Waals surface area contributed by atoms with Crippen molar-refractivity contribution >= 4 is 34.3 Å². The molecule has 0 saturated carbocycles. The van der Waals surface area contributed by atoms with Crippen molar-refractivity contribution < 1.29 is 19.8 Å².